The van der Waals surface area contributed by atoms with Crippen LogP contribution in [-0.4, -0.2) is 9.13 Å². The van der Waals surface area contributed by atoms with Crippen LogP contribution in [0.2, 0.25) is 0 Å². The van der Waals surface area contributed by atoms with Crippen LogP contribution in [-0.2, 0) is 55.6 Å². The molecular formula is C70H30F27N3. The molecule has 2 heterocycles. The Labute approximate surface area is 541 Å². The van der Waals surface area contributed by atoms with Crippen molar-refractivity contribution in [2.24, 2.45) is 0 Å². The normalized spacial score (nSPS) is 13.3. The summed E-state index contributed by atoms with van der Waals surface area (Å²) in [5.41, 5.74) is -26.8. The lowest BCUT2D eigenvalue weighted by atomic mass is 9.94. The predicted molar refractivity (Wildman–Crippen MR) is 312 cm³/mol. The van der Waals surface area contributed by atoms with Crippen molar-refractivity contribution in [3.05, 3.63) is 238 Å². The van der Waals surface area contributed by atoms with Crippen LogP contribution in [0, 0.1) is 11.3 Å². The largest absolute Gasteiger partial charge is 0.417 e. The molecule has 0 aliphatic heterocycles. The minimum atomic E-state index is -5.58. The molecule has 100 heavy (non-hydrogen) atoms. The number of hydrogen-bond acceptors (Lipinski definition) is 1. The van der Waals surface area contributed by atoms with Crippen molar-refractivity contribution in [2.45, 2.75) is 55.6 Å². The Morgan fingerprint density at radius 1 is 0.240 bits per heavy atom. The molecule has 10 aromatic carbocycles. The number of fused-ring (bicyclic) bond motifs is 6. The van der Waals surface area contributed by atoms with Gasteiger partial charge in [-0.25, -0.2) is 0 Å². The van der Waals surface area contributed by atoms with Crippen LogP contribution in [0.25, 0.3) is 111 Å². The van der Waals surface area contributed by atoms with Gasteiger partial charge in [-0.05, 0) is 171 Å². The third kappa shape index (κ3) is 12.6. The first-order valence-corrected chi connectivity index (χ1v) is 28.3. The third-order valence-electron chi connectivity index (χ3n) is 16.6. The van der Waals surface area contributed by atoms with E-state index in [9.17, 15) is 111 Å². The number of halogens is 27. The zero-order chi connectivity index (χ0) is 72.9. The molecular weight excluding hydrogens is 1400 g/mol. The Morgan fingerprint density at radius 2 is 0.500 bits per heavy atom. The smallest absolute Gasteiger partial charge is 0.309 e. The second kappa shape index (κ2) is 23.3. The highest BCUT2D eigenvalue weighted by molar-refractivity contribution is 6.15. The Balaban J connectivity index is 1.24. The van der Waals surface area contributed by atoms with Crippen LogP contribution >= 0.6 is 0 Å². The van der Waals surface area contributed by atoms with E-state index in [1.807, 2.05) is 6.07 Å². The Hall–Kier alpha value is -10.6. The Morgan fingerprint density at radius 3 is 0.730 bits per heavy atom. The van der Waals surface area contributed by atoms with Gasteiger partial charge in [-0.1, -0.05) is 60.7 Å². The molecule has 0 aliphatic rings. The van der Waals surface area contributed by atoms with Crippen LogP contribution in [0.5, 0.6) is 0 Å². The second-order valence-electron chi connectivity index (χ2n) is 22.7. The fraction of sp³-hybridized carbons (Fsp3) is 0.129. The maximum Gasteiger partial charge on any atom is 0.417 e. The lowest BCUT2D eigenvalue weighted by Crippen LogP contribution is -2.12. The fourth-order valence-corrected chi connectivity index (χ4v) is 12.2. The summed E-state index contributed by atoms with van der Waals surface area (Å²) >= 11 is 0. The second-order valence-corrected chi connectivity index (χ2v) is 22.7. The molecule has 12 rings (SSSR count). The molecule has 514 valence electrons. The molecule has 0 amide bonds. The summed E-state index contributed by atoms with van der Waals surface area (Å²) in [7, 11) is 0. The number of alkyl halides is 27. The summed E-state index contributed by atoms with van der Waals surface area (Å²) in [6.07, 6.45) is -49.3. The van der Waals surface area contributed by atoms with E-state index in [-0.39, 0.29) is 59.7 Å². The fourth-order valence-electron chi connectivity index (χ4n) is 12.2. The molecule has 0 atom stereocenters. The van der Waals surface area contributed by atoms with Gasteiger partial charge >= 0.3 is 55.6 Å². The minimum Gasteiger partial charge on any atom is -0.309 e. The van der Waals surface area contributed by atoms with Crippen molar-refractivity contribution in [2.75, 3.05) is 0 Å². The quantitative estimate of drug-likeness (QED) is 0.146. The molecule has 30 heteroatoms. The van der Waals surface area contributed by atoms with Crippen LogP contribution < -0.4 is 0 Å². The van der Waals surface area contributed by atoms with Crippen LogP contribution in [0.4, 0.5) is 119 Å². The van der Waals surface area contributed by atoms with E-state index >= 15 is 13.2 Å². The molecule has 0 aliphatic carbocycles. The number of aromatic nitrogens is 2. The van der Waals surface area contributed by atoms with Crippen LogP contribution in [0.1, 0.15) is 55.6 Å². The lowest BCUT2D eigenvalue weighted by Gasteiger charge is -2.23. The van der Waals surface area contributed by atoms with Crippen molar-refractivity contribution in [3.8, 4) is 73.1 Å². The number of nitriles is 1. The van der Waals surface area contributed by atoms with E-state index in [2.05, 4.69) is 0 Å². The van der Waals surface area contributed by atoms with Gasteiger partial charge in [0, 0.05) is 27.1 Å². The molecule has 0 saturated heterocycles. The monoisotopic (exact) mass is 1430 g/mol. The molecule has 0 bridgehead atoms. The van der Waals surface area contributed by atoms with E-state index in [1.54, 1.807) is 0 Å². The highest BCUT2D eigenvalue weighted by atomic mass is 19.4. The van der Waals surface area contributed by atoms with Crippen molar-refractivity contribution < 1.29 is 119 Å². The molecule has 12 aromatic rings. The SMILES string of the molecule is N#Cc1cccc(-c2c(-n3c4ccc(-c5ccc(C(F)(F)F)cc5C(F)(F)F)cc4c4cc(-c5ccc(C(F)(F)F)cc5C(F)(F)F)ccc43)cc(C(F)(F)F)cc2-n2c3ccc(-c4ccc(C(F)(F)F)cc4C(F)(F)F)cc3c3cc(-c4ccc(C(F)(F)F)cc4C(F)(F)F)ccc32)c1. The van der Waals surface area contributed by atoms with Crippen LogP contribution in [0.15, 0.2) is 182 Å². The highest BCUT2D eigenvalue weighted by Crippen LogP contribution is 2.52. The summed E-state index contributed by atoms with van der Waals surface area (Å²) in [5.74, 6) is 0. The van der Waals surface area contributed by atoms with Gasteiger partial charge in [-0.2, -0.15) is 124 Å². The van der Waals surface area contributed by atoms with Crippen molar-refractivity contribution >= 4 is 43.6 Å². The molecule has 2 aromatic heterocycles. The number of benzene rings is 10. The summed E-state index contributed by atoms with van der Waals surface area (Å²) in [6.45, 7) is 0. The maximum absolute atomic E-state index is 16.1. The van der Waals surface area contributed by atoms with E-state index in [4.69, 9.17) is 0 Å². The van der Waals surface area contributed by atoms with Crippen molar-refractivity contribution in [3.63, 3.8) is 0 Å². The number of hydrogen-bond donors (Lipinski definition) is 0. The summed E-state index contributed by atoms with van der Waals surface area (Å²) in [4.78, 5) is 0. The first-order valence-electron chi connectivity index (χ1n) is 28.3. The Bertz CT molecular complexity index is 4800. The molecule has 0 fully saturated rings. The van der Waals surface area contributed by atoms with Crippen LogP contribution in [0.3, 0.4) is 0 Å². The molecule has 0 saturated carbocycles. The average molecular weight is 1430 g/mol. The molecule has 0 unspecified atom stereocenters. The van der Waals surface area contributed by atoms with Gasteiger partial charge in [0.25, 0.3) is 0 Å². The van der Waals surface area contributed by atoms with E-state index in [0.717, 1.165) is 88.0 Å². The van der Waals surface area contributed by atoms with Crippen molar-refractivity contribution in [1.82, 2.24) is 9.13 Å². The summed E-state index contributed by atoms with van der Waals surface area (Å²) < 4.78 is 397. The van der Waals surface area contributed by atoms with Gasteiger partial charge in [-0.3, -0.25) is 0 Å². The number of rotatable bonds is 7. The average Bonchev–Trinajstić information content (AvgIpc) is 1.54. The predicted octanol–water partition coefficient (Wildman–Crippen LogP) is 25.3. The van der Waals surface area contributed by atoms with Gasteiger partial charge in [-0.15, -0.1) is 0 Å². The van der Waals surface area contributed by atoms with Crippen molar-refractivity contribution in [1.29, 1.82) is 5.26 Å². The number of nitrogens with zero attached hydrogens (tertiary/aromatic N) is 3. The standard InChI is InChI=1S/C70H30F27N3/c71-62(72,73)38-8-12-43(51(25-38)67(86,87)88)33-4-16-55-47(21-33)48-22-34(44-13-9-39(63(74,75)76)26-52(44)68(89,90)91)5-17-56(48)99(55)59-29-42(66(83,84)85)30-60(61(59)37-3-1-2-32(20-37)31-98)100-57-18-6-35(45-14-10-40(64(77,78)79)27-53(45)69(92,93)94)23-49(57)50-24-36(7-19-58(50)100)46-15-11-41(65(80,81)82)28-54(46)70(95,96)97/h1-30H. The van der Waals surface area contributed by atoms with Gasteiger partial charge in [0.15, 0.2) is 0 Å². The third-order valence-corrected chi connectivity index (χ3v) is 16.6. The molecule has 0 N–H and O–H groups in total. The van der Waals surface area contributed by atoms with Gasteiger partial charge in [0.05, 0.1) is 95.1 Å². The lowest BCUT2D eigenvalue weighted by molar-refractivity contribution is -0.144. The first kappa shape index (κ1) is 69.3. The molecule has 3 nitrogen and oxygen atoms in total. The topological polar surface area (TPSA) is 33.6 Å². The summed E-state index contributed by atoms with van der Waals surface area (Å²) in [6, 6.07) is 19.9. The zero-order valence-electron chi connectivity index (χ0n) is 48.9. The zero-order valence-corrected chi connectivity index (χ0v) is 48.9. The molecule has 0 spiro atoms. The summed E-state index contributed by atoms with van der Waals surface area (Å²) in [5, 5.41) is 8.57. The van der Waals surface area contributed by atoms with Gasteiger partial charge in [0.2, 0.25) is 0 Å². The van der Waals surface area contributed by atoms with E-state index < -0.39 is 211 Å². The first-order chi connectivity index (χ1) is 46.2. The highest BCUT2D eigenvalue weighted by Gasteiger charge is 2.44. The van der Waals surface area contributed by atoms with E-state index in [0.29, 0.717) is 36.4 Å². The van der Waals surface area contributed by atoms with Gasteiger partial charge < -0.3 is 9.13 Å². The maximum atomic E-state index is 16.1. The minimum absolute atomic E-state index is 0.241. The van der Waals surface area contributed by atoms with Gasteiger partial charge in [0.1, 0.15) is 0 Å². The van der Waals surface area contributed by atoms with E-state index in [1.165, 1.54) is 18.2 Å². The Kier molecular flexibility index (Phi) is 16.1. The molecule has 0 radical (unpaired) electrons.